The number of hydrogen-bond donors (Lipinski definition) is 1. The van der Waals surface area contributed by atoms with Crippen molar-refractivity contribution in [2.75, 3.05) is 67.5 Å². The van der Waals surface area contributed by atoms with E-state index in [2.05, 4.69) is 22.9 Å². The second-order valence-corrected chi connectivity index (χ2v) is 10.2. The summed E-state index contributed by atoms with van der Waals surface area (Å²) in [5, 5.41) is 1.85. The second kappa shape index (κ2) is 11.4. The third-order valence-corrected chi connectivity index (χ3v) is 7.14. The number of anilines is 1. The fraction of sp³-hybridized carbons (Fsp3) is 0.400. The largest absolute Gasteiger partial charge is 0.493 e. The number of ether oxygens (including phenoxy) is 3. The van der Waals surface area contributed by atoms with Crippen LogP contribution in [0.25, 0.3) is 21.8 Å². The lowest BCUT2D eigenvalue weighted by Gasteiger charge is -2.27. The van der Waals surface area contributed by atoms with Crippen LogP contribution >= 0.6 is 0 Å². The van der Waals surface area contributed by atoms with E-state index in [9.17, 15) is 4.79 Å². The minimum absolute atomic E-state index is 0.0345. The number of likely N-dealkylation sites (N-methyl/N-ethyl adjacent to an activating group) is 1. The van der Waals surface area contributed by atoms with Gasteiger partial charge in [-0.15, -0.1) is 0 Å². The van der Waals surface area contributed by atoms with E-state index in [1.165, 1.54) is 0 Å². The molecule has 0 saturated carbocycles. The van der Waals surface area contributed by atoms with Crippen LogP contribution in [0.5, 0.6) is 17.2 Å². The molecule has 9 nitrogen and oxygen atoms in total. The first-order valence-corrected chi connectivity index (χ1v) is 12.9. The highest BCUT2D eigenvalue weighted by molar-refractivity contribution is 6.06. The molecule has 2 aromatic heterocycles. The van der Waals surface area contributed by atoms with Gasteiger partial charge in [-0.2, -0.15) is 0 Å². The molecule has 4 rings (SSSR count). The lowest BCUT2D eigenvalue weighted by molar-refractivity contribution is 0.0734. The summed E-state index contributed by atoms with van der Waals surface area (Å²) in [5.41, 5.74) is 5.36. The molecule has 0 atom stereocenters. The summed E-state index contributed by atoms with van der Waals surface area (Å²) >= 11 is 0. The number of pyridine rings is 1. The predicted octanol–water partition coefficient (Wildman–Crippen LogP) is 4.63. The molecule has 2 heterocycles. The molecular weight excluding hydrogens is 494 g/mol. The number of aromatic nitrogens is 2. The summed E-state index contributed by atoms with van der Waals surface area (Å²) in [6.07, 6.45) is 0. The molecule has 0 spiro atoms. The van der Waals surface area contributed by atoms with Crippen molar-refractivity contribution < 1.29 is 19.0 Å². The van der Waals surface area contributed by atoms with Gasteiger partial charge in [0, 0.05) is 61.8 Å². The van der Waals surface area contributed by atoms with Gasteiger partial charge in [-0.3, -0.25) is 4.79 Å². The van der Waals surface area contributed by atoms with Crippen molar-refractivity contribution in [3.05, 3.63) is 52.7 Å². The lowest BCUT2D eigenvalue weighted by atomic mass is 10.1. The minimum atomic E-state index is -0.0345. The Hall–Kier alpha value is -3.98. The van der Waals surface area contributed by atoms with Crippen LogP contribution in [0.4, 0.5) is 5.82 Å². The number of para-hydroxylation sites is 1. The Kier molecular flexibility index (Phi) is 8.20. The molecular formula is C30H39N5O4. The molecule has 0 aliphatic carbocycles. The molecule has 9 heteroatoms. The molecule has 39 heavy (non-hydrogen) atoms. The maximum atomic E-state index is 14.1. The van der Waals surface area contributed by atoms with E-state index in [1.807, 2.05) is 69.2 Å². The number of amides is 1. The van der Waals surface area contributed by atoms with Gasteiger partial charge >= 0.3 is 0 Å². The van der Waals surface area contributed by atoms with Crippen LogP contribution in [0.2, 0.25) is 0 Å². The number of benzene rings is 2. The monoisotopic (exact) mass is 533 g/mol. The second-order valence-electron chi connectivity index (χ2n) is 10.2. The summed E-state index contributed by atoms with van der Waals surface area (Å²) in [7, 11) is 12.7. The highest BCUT2D eigenvalue weighted by atomic mass is 16.5. The highest BCUT2D eigenvalue weighted by Gasteiger charge is 2.24. The van der Waals surface area contributed by atoms with Crippen molar-refractivity contribution >= 4 is 33.5 Å². The van der Waals surface area contributed by atoms with Crippen molar-refractivity contribution in [2.24, 2.45) is 0 Å². The smallest absolute Gasteiger partial charge is 0.256 e. The zero-order valence-corrected chi connectivity index (χ0v) is 24.4. The maximum absolute atomic E-state index is 14.1. The highest BCUT2D eigenvalue weighted by Crippen LogP contribution is 2.44. The Bertz CT molecular complexity index is 1510. The first-order chi connectivity index (χ1) is 18.6. The number of nitrogens with one attached hydrogen (secondary N) is 1. The first kappa shape index (κ1) is 28.0. The van der Waals surface area contributed by atoms with Gasteiger partial charge in [0.25, 0.3) is 5.91 Å². The molecule has 1 amide bonds. The van der Waals surface area contributed by atoms with Gasteiger partial charge in [0.15, 0.2) is 11.5 Å². The van der Waals surface area contributed by atoms with Crippen LogP contribution in [0.1, 0.15) is 27.2 Å². The number of H-pyrrole nitrogens is 1. The van der Waals surface area contributed by atoms with E-state index >= 15 is 0 Å². The van der Waals surface area contributed by atoms with E-state index in [0.29, 0.717) is 41.4 Å². The SMILES string of the molecule is COc1cc2nc(N(C)C)c(CN(CCN(C)C)C(=O)c3cccc4c(C)c(C)[nH]c34)cc2c(OC)c1OC. The van der Waals surface area contributed by atoms with Crippen LogP contribution in [-0.2, 0) is 6.54 Å². The van der Waals surface area contributed by atoms with Gasteiger partial charge in [-0.25, -0.2) is 4.98 Å². The molecule has 0 bridgehead atoms. The van der Waals surface area contributed by atoms with E-state index < -0.39 is 0 Å². The molecule has 4 aromatic rings. The van der Waals surface area contributed by atoms with Crippen LogP contribution in [0, 0.1) is 13.8 Å². The third kappa shape index (κ3) is 5.31. The molecule has 0 fully saturated rings. The summed E-state index contributed by atoms with van der Waals surface area (Å²) in [6, 6.07) is 9.79. The number of methoxy groups -OCH3 is 3. The fourth-order valence-electron chi connectivity index (χ4n) is 4.94. The van der Waals surface area contributed by atoms with Crippen molar-refractivity contribution in [3.63, 3.8) is 0 Å². The summed E-state index contributed by atoms with van der Waals surface area (Å²) in [5.74, 6) is 2.32. The van der Waals surface area contributed by atoms with Crippen LogP contribution in [0.15, 0.2) is 30.3 Å². The third-order valence-electron chi connectivity index (χ3n) is 7.14. The van der Waals surface area contributed by atoms with Crippen LogP contribution < -0.4 is 19.1 Å². The van der Waals surface area contributed by atoms with Gasteiger partial charge in [-0.1, -0.05) is 12.1 Å². The number of aryl methyl sites for hydroxylation is 2. The van der Waals surface area contributed by atoms with E-state index in [-0.39, 0.29) is 5.91 Å². The Morgan fingerprint density at radius 3 is 2.26 bits per heavy atom. The van der Waals surface area contributed by atoms with Gasteiger partial charge in [0.2, 0.25) is 5.75 Å². The zero-order chi connectivity index (χ0) is 28.4. The number of rotatable bonds is 10. The Morgan fingerprint density at radius 2 is 1.64 bits per heavy atom. The normalized spacial score (nSPS) is 11.3. The van der Waals surface area contributed by atoms with Crippen LogP contribution in [-0.4, -0.2) is 88.3 Å². The molecule has 0 unspecified atom stereocenters. The number of carbonyl (C=O) groups excluding carboxylic acids is 1. The number of carbonyl (C=O) groups is 1. The maximum Gasteiger partial charge on any atom is 0.256 e. The first-order valence-electron chi connectivity index (χ1n) is 12.9. The lowest BCUT2D eigenvalue weighted by Crippen LogP contribution is -2.36. The molecule has 2 aromatic carbocycles. The van der Waals surface area contributed by atoms with E-state index in [4.69, 9.17) is 19.2 Å². The topological polar surface area (TPSA) is 83.2 Å². The van der Waals surface area contributed by atoms with Crippen molar-refractivity contribution in [3.8, 4) is 17.2 Å². The number of hydrogen-bond acceptors (Lipinski definition) is 7. The number of aromatic amines is 1. The minimum Gasteiger partial charge on any atom is -0.493 e. The van der Waals surface area contributed by atoms with Crippen molar-refractivity contribution in [1.82, 2.24) is 19.8 Å². The Labute approximate surface area is 230 Å². The molecule has 1 N–H and O–H groups in total. The molecule has 0 saturated heterocycles. The summed E-state index contributed by atoms with van der Waals surface area (Å²) in [4.78, 5) is 28.5. The molecule has 208 valence electrons. The van der Waals surface area contributed by atoms with E-state index in [0.717, 1.165) is 45.5 Å². The Balaban J connectivity index is 1.86. The molecule has 0 radical (unpaired) electrons. The molecule has 0 aliphatic rings. The van der Waals surface area contributed by atoms with Crippen molar-refractivity contribution in [2.45, 2.75) is 20.4 Å². The van der Waals surface area contributed by atoms with E-state index in [1.54, 1.807) is 21.3 Å². The van der Waals surface area contributed by atoms with Crippen LogP contribution in [0.3, 0.4) is 0 Å². The van der Waals surface area contributed by atoms with Crippen molar-refractivity contribution in [1.29, 1.82) is 0 Å². The average molecular weight is 534 g/mol. The standard InChI is InChI=1S/C30H39N5O4/c1-18-19(2)31-26-21(18)11-10-12-22(26)30(36)35(14-13-33(3)4)17-20-15-23-24(32-29(20)34(5)6)16-25(37-7)28(39-9)27(23)38-8/h10-12,15-16,31H,13-14,17H2,1-9H3. The quantitative estimate of drug-likeness (QED) is 0.318. The van der Waals surface area contributed by atoms with Gasteiger partial charge in [0.1, 0.15) is 5.82 Å². The summed E-state index contributed by atoms with van der Waals surface area (Å²) in [6.45, 7) is 5.75. The van der Waals surface area contributed by atoms with Gasteiger partial charge in [0.05, 0.1) is 37.9 Å². The number of nitrogens with zero attached hydrogens (tertiary/aromatic N) is 4. The summed E-state index contributed by atoms with van der Waals surface area (Å²) < 4.78 is 16.9. The zero-order valence-electron chi connectivity index (χ0n) is 24.4. The predicted molar refractivity (Wildman–Crippen MR) is 157 cm³/mol. The fourth-order valence-corrected chi connectivity index (χ4v) is 4.94. The van der Waals surface area contributed by atoms with Gasteiger partial charge < -0.3 is 33.9 Å². The average Bonchev–Trinajstić information content (AvgIpc) is 3.21. The molecule has 0 aliphatic heterocycles. The Morgan fingerprint density at radius 1 is 0.923 bits per heavy atom. The number of fused-ring (bicyclic) bond motifs is 2. The van der Waals surface area contributed by atoms with Gasteiger partial charge in [-0.05, 0) is 45.6 Å².